The van der Waals surface area contributed by atoms with Crippen LogP contribution in [0, 0.1) is 11.8 Å². The quantitative estimate of drug-likeness (QED) is 0.809. The summed E-state index contributed by atoms with van der Waals surface area (Å²) in [5.74, 6) is -2.83. The van der Waals surface area contributed by atoms with Crippen LogP contribution in [0.5, 0.6) is 0 Å². The van der Waals surface area contributed by atoms with Crippen LogP contribution in [0.3, 0.4) is 0 Å². The molecule has 7 nitrogen and oxygen atoms in total. The molecule has 0 unspecified atom stereocenters. The van der Waals surface area contributed by atoms with Gasteiger partial charge in [0.25, 0.3) is 0 Å². The van der Waals surface area contributed by atoms with Crippen molar-refractivity contribution >= 4 is 18.0 Å². The van der Waals surface area contributed by atoms with E-state index in [0.29, 0.717) is 6.54 Å². The van der Waals surface area contributed by atoms with E-state index in [-0.39, 0.29) is 25.4 Å². The van der Waals surface area contributed by atoms with Crippen LogP contribution in [-0.4, -0.2) is 57.1 Å². The fourth-order valence-corrected chi connectivity index (χ4v) is 3.28. The number of carboxylic acid groups (broad SMARTS) is 2. The molecule has 1 aliphatic rings. The van der Waals surface area contributed by atoms with Crippen molar-refractivity contribution in [3.05, 3.63) is 35.4 Å². The van der Waals surface area contributed by atoms with Crippen LogP contribution in [0.25, 0.3) is 0 Å². The Morgan fingerprint density at radius 1 is 1.19 bits per heavy atom. The van der Waals surface area contributed by atoms with E-state index in [1.807, 2.05) is 24.3 Å². The Kier molecular flexibility index (Phi) is 6.23. The smallest absolute Gasteiger partial charge is 0.326 e. The van der Waals surface area contributed by atoms with E-state index in [4.69, 9.17) is 0 Å². The van der Waals surface area contributed by atoms with Crippen molar-refractivity contribution in [3.63, 3.8) is 0 Å². The van der Waals surface area contributed by atoms with Crippen LogP contribution >= 0.6 is 0 Å². The maximum atomic E-state index is 13.0. The molecule has 2 N–H and O–H groups in total. The highest BCUT2D eigenvalue weighted by Gasteiger charge is 2.37. The Labute approximate surface area is 153 Å². The third-order valence-corrected chi connectivity index (χ3v) is 4.97. The summed E-state index contributed by atoms with van der Waals surface area (Å²) in [6.07, 6.45) is 0.251. The Balaban J connectivity index is 2.26. The molecule has 26 heavy (non-hydrogen) atoms. The van der Waals surface area contributed by atoms with Gasteiger partial charge >= 0.3 is 18.0 Å². The first-order valence-electron chi connectivity index (χ1n) is 8.84. The van der Waals surface area contributed by atoms with Gasteiger partial charge in [0.15, 0.2) is 0 Å². The fourth-order valence-electron chi connectivity index (χ4n) is 3.28. The maximum Gasteiger partial charge on any atom is 0.326 e. The molecule has 0 radical (unpaired) electrons. The highest BCUT2D eigenvalue weighted by Crippen LogP contribution is 2.25. The summed E-state index contributed by atoms with van der Waals surface area (Å²) < 4.78 is 0. The molecule has 1 aromatic carbocycles. The number of hydrogen-bond acceptors (Lipinski definition) is 3. The molecule has 2 atom stereocenters. The zero-order valence-corrected chi connectivity index (χ0v) is 15.4. The first-order chi connectivity index (χ1) is 12.3. The van der Waals surface area contributed by atoms with Gasteiger partial charge in [-0.2, -0.15) is 0 Å². The van der Waals surface area contributed by atoms with Crippen LogP contribution in [0.2, 0.25) is 0 Å². The summed E-state index contributed by atoms with van der Waals surface area (Å²) in [6.45, 7) is 5.96. The average Bonchev–Trinajstić information content (AvgIpc) is 2.60. The van der Waals surface area contributed by atoms with Crippen molar-refractivity contribution in [2.45, 2.75) is 39.8 Å². The van der Waals surface area contributed by atoms with E-state index in [9.17, 15) is 24.6 Å². The number of carbonyl (C=O) groups excluding carboxylic acids is 1. The predicted octanol–water partition coefficient (Wildman–Crippen LogP) is 2.30. The summed E-state index contributed by atoms with van der Waals surface area (Å²) in [7, 11) is 0. The number of fused-ring (bicyclic) bond motifs is 1. The second kappa shape index (κ2) is 8.21. The van der Waals surface area contributed by atoms with Crippen molar-refractivity contribution in [1.82, 2.24) is 9.80 Å². The van der Waals surface area contributed by atoms with E-state index in [2.05, 4.69) is 0 Å². The van der Waals surface area contributed by atoms with E-state index >= 15 is 0 Å². The van der Waals surface area contributed by atoms with Gasteiger partial charge in [-0.15, -0.1) is 0 Å². The molecule has 142 valence electrons. The van der Waals surface area contributed by atoms with E-state index in [1.54, 1.807) is 20.8 Å². The van der Waals surface area contributed by atoms with Gasteiger partial charge in [-0.05, 0) is 24.0 Å². The van der Waals surface area contributed by atoms with Crippen molar-refractivity contribution < 1.29 is 24.6 Å². The number of amides is 2. The minimum Gasteiger partial charge on any atom is -0.481 e. The van der Waals surface area contributed by atoms with Gasteiger partial charge in [0.05, 0.1) is 5.92 Å². The lowest BCUT2D eigenvalue weighted by atomic mass is 9.93. The molecular formula is C19H26N2O5. The molecule has 7 heteroatoms. The molecule has 2 amide bonds. The summed E-state index contributed by atoms with van der Waals surface area (Å²) in [4.78, 5) is 39.0. The third-order valence-electron chi connectivity index (χ3n) is 4.97. The van der Waals surface area contributed by atoms with Crippen molar-refractivity contribution in [3.8, 4) is 0 Å². The first-order valence-corrected chi connectivity index (χ1v) is 8.84. The lowest BCUT2D eigenvalue weighted by molar-refractivity contribution is -0.145. The normalized spacial score (nSPS) is 17.5. The highest BCUT2D eigenvalue weighted by atomic mass is 16.4. The summed E-state index contributed by atoms with van der Waals surface area (Å²) >= 11 is 0. The zero-order chi connectivity index (χ0) is 19.4. The average molecular weight is 362 g/mol. The Hall–Kier alpha value is -2.57. The lowest BCUT2D eigenvalue weighted by Gasteiger charge is -2.38. The number of urea groups is 1. The maximum absolute atomic E-state index is 13.0. The van der Waals surface area contributed by atoms with Gasteiger partial charge in [0, 0.05) is 26.1 Å². The topological polar surface area (TPSA) is 98.2 Å². The van der Waals surface area contributed by atoms with E-state index in [0.717, 1.165) is 11.1 Å². The molecule has 1 aliphatic heterocycles. The van der Waals surface area contributed by atoms with Gasteiger partial charge in [-0.1, -0.05) is 38.1 Å². The standard InChI is InChI=1S/C19H26N2O5/c1-4-20(11-15(12(2)3)17(22)23)19(26)21-10-14-8-6-5-7-13(14)9-16(21)18(24)25/h5-8,12,15-16H,4,9-11H2,1-3H3,(H,22,23)(H,24,25)/t15-,16+/m1/s1. The number of hydrogen-bond donors (Lipinski definition) is 2. The molecule has 0 saturated heterocycles. The highest BCUT2D eigenvalue weighted by molar-refractivity contribution is 5.84. The molecule has 2 rings (SSSR count). The number of rotatable bonds is 6. The Morgan fingerprint density at radius 3 is 2.31 bits per heavy atom. The molecule has 1 aromatic rings. The van der Waals surface area contributed by atoms with Gasteiger partial charge in [-0.25, -0.2) is 9.59 Å². The number of carboxylic acids is 2. The molecule has 0 saturated carbocycles. The summed E-state index contributed by atoms with van der Waals surface area (Å²) in [6, 6.07) is 6.10. The Morgan fingerprint density at radius 2 is 1.81 bits per heavy atom. The molecule has 0 fully saturated rings. The van der Waals surface area contributed by atoms with E-state index < -0.39 is 29.9 Å². The van der Waals surface area contributed by atoms with Crippen molar-refractivity contribution in [2.75, 3.05) is 13.1 Å². The second-order valence-corrected chi connectivity index (χ2v) is 6.96. The first kappa shape index (κ1) is 19.8. The second-order valence-electron chi connectivity index (χ2n) is 6.96. The molecular weight excluding hydrogens is 336 g/mol. The lowest BCUT2D eigenvalue weighted by Crippen LogP contribution is -2.54. The largest absolute Gasteiger partial charge is 0.481 e. The van der Waals surface area contributed by atoms with Crippen LogP contribution in [0.1, 0.15) is 31.9 Å². The molecule has 1 heterocycles. The van der Waals surface area contributed by atoms with Crippen molar-refractivity contribution in [2.24, 2.45) is 11.8 Å². The summed E-state index contributed by atoms with van der Waals surface area (Å²) in [5, 5.41) is 19.0. The van der Waals surface area contributed by atoms with Crippen LogP contribution in [0.15, 0.2) is 24.3 Å². The number of aliphatic carboxylic acids is 2. The minimum absolute atomic E-state index is 0.0623. The van der Waals surface area contributed by atoms with Crippen LogP contribution in [-0.2, 0) is 22.6 Å². The van der Waals surface area contributed by atoms with Gasteiger partial charge < -0.3 is 20.0 Å². The SMILES string of the molecule is CCN(C[C@@H](C(=O)O)C(C)C)C(=O)N1Cc2ccccc2C[C@H]1C(=O)O. The molecule has 0 spiro atoms. The number of nitrogens with zero attached hydrogens (tertiary/aromatic N) is 2. The molecule has 0 aliphatic carbocycles. The van der Waals surface area contributed by atoms with Gasteiger partial charge in [0.2, 0.25) is 0 Å². The van der Waals surface area contributed by atoms with Gasteiger partial charge in [0.1, 0.15) is 6.04 Å². The third kappa shape index (κ3) is 4.15. The molecule has 0 bridgehead atoms. The number of carbonyl (C=O) groups is 3. The van der Waals surface area contributed by atoms with Crippen LogP contribution < -0.4 is 0 Å². The fraction of sp³-hybridized carbons (Fsp3) is 0.526. The molecule has 0 aromatic heterocycles. The van der Waals surface area contributed by atoms with Crippen molar-refractivity contribution in [1.29, 1.82) is 0 Å². The number of benzene rings is 1. The monoisotopic (exact) mass is 362 g/mol. The van der Waals surface area contributed by atoms with E-state index in [1.165, 1.54) is 9.80 Å². The minimum atomic E-state index is -1.05. The Bertz CT molecular complexity index is 688. The summed E-state index contributed by atoms with van der Waals surface area (Å²) in [5.41, 5.74) is 1.85. The predicted molar refractivity (Wildman–Crippen MR) is 95.7 cm³/mol. The van der Waals surface area contributed by atoms with Crippen LogP contribution in [0.4, 0.5) is 4.79 Å². The van der Waals surface area contributed by atoms with Gasteiger partial charge in [-0.3, -0.25) is 4.79 Å². The zero-order valence-electron chi connectivity index (χ0n) is 15.4.